The molecule has 1 saturated heterocycles. The van der Waals surface area contributed by atoms with Crippen molar-refractivity contribution >= 4 is 16.9 Å². The van der Waals surface area contributed by atoms with Crippen molar-refractivity contribution in [3.63, 3.8) is 0 Å². The summed E-state index contributed by atoms with van der Waals surface area (Å²) in [5.41, 5.74) is -0.301. The Kier molecular flexibility index (Phi) is 5.38. The summed E-state index contributed by atoms with van der Waals surface area (Å²) in [6, 6.07) is 4.92. The summed E-state index contributed by atoms with van der Waals surface area (Å²) in [7, 11) is 1.70. The van der Waals surface area contributed by atoms with Crippen LogP contribution in [0.2, 0.25) is 0 Å². The lowest BCUT2D eigenvalue weighted by Gasteiger charge is -2.22. The maximum absolute atomic E-state index is 13.0. The fourth-order valence-corrected chi connectivity index (χ4v) is 3.93. The van der Waals surface area contributed by atoms with Crippen LogP contribution >= 0.6 is 0 Å². The molecule has 0 radical (unpaired) electrons. The monoisotopic (exact) mass is 438 g/mol. The van der Waals surface area contributed by atoms with Crippen molar-refractivity contribution in [2.75, 3.05) is 12.4 Å². The molecule has 3 aromatic rings. The van der Waals surface area contributed by atoms with Crippen molar-refractivity contribution in [3.05, 3.63) is 53.5 Å². The van der Waals surface area contributed by atoms with Gasteiger partial charge < -0.3 is 29.9 Å². The van der Waals surface area contributed by atoms with Gasteiger partial charge in [0.1, 0.15) is 42.2 Å². The van der Waals surface area contributed by atoms with E-state index in [2.05, 4.69) is 15.3 Å². The number of aliphatic hydroxyl groups is 3. The first-order chi connectivity index (χ1) is 14.6. The van der Waals surface area contributed by atoms with Gasteiger partial charge in [0.2, 0.25) is 0 Å². The molecule has 1 aliphatic heterocycles. The van der Waals surface area contributed by atoms with Crippen LogP contribution in [0.5, 0.6) is 0 Å². The van der Waals surface area contributed by atoms with E-state index >= 15 is 0 Å². The predicted molar refractivity (Wildman–Crippen MR) is 104 cm³/mol. The van der Waals surface area contributed by atoms with E-state index in [0.29, 0.717) is 16.9 Å². The van der Waals surface area contributed by atoms with Gasteiger partial charge in [-0.15, -0.1) is 0 Å². The lowest BCUT2D eigenvalue weighted by molar-refractivity contribution is -0.138. The zero-order chi connectivity index (χ0) is 22.5. The van der Waals surface area contributed by atoms with E-state index in [1.807, 2.05) is 0 Å². The second kappa shape index (κ2) is 7.75. The molecule has 2 aromatic heterocycles. The van der Waals surface area contributed by atoms with Gasteiger partial charge in [0.05, 0.1) is 10.9 Å². The number of rotatable bonds is 4. The van der Waals surface area contributed by atoms with Gasteiger partial charge in [0.15, 0.2) is 6.23 Å². The van der Waals surface area contributed by atoms with Gasteiger partial charge in [-0.3, -0.25) is 0 Å². The average molecular weight is 438 g/mol. The van der Waals surface area contributed by atoms with Gasteiger partial charge in [0, 0.05) is 13.2 Å². The van der Waals surface area contributed by atoms with Crippen molar-refractivity contribution in [2.24, 2.45) is 0 Å². The third-order valence-electron chi connectivity index (χ3n) is 5.50. The number of aliphatic hydroxyl groups excluding tert-OH is 3. The number of nitrogens with one attached hydrogen (secondary N) is 1. The Hall–Kier alpha value is -2.73. The molecule has 166 valence electrons. The van der Waals surface area contributed by atoms with Crippen LogP contribution in [0.3, 0.4) is 0 Å². The molecule has 0 unspecified atom stereocenters. The van der Waals surface area contributed by atoms with Crippen molar-refractivity contribution < 1.29 is 33.2 Å². The van der Waals surface area contributed by atoms with Crippen LogP contribution in [0.1, 0.15) is 29.0 Å². The summed E-state index contributed by atoms with van der Waals surface area (Å²) >= 11 is 0. The lowest BCUT2D eigenvalue weighted by Crippen LogP contribution is -2.34. The van der Waals surface area contributed by atoms with E-state index < -0.39 is 42.4 Å². The SMILES string of the molecule is CNc1ncnc2c1ccn2[C@@H]1O[C@H]([C@H](O)c2ccc(C(F)(F)F)c(C)c2)[C@@H](O)[C@H]1O. The molecule has 0 spiro atoms. The fourth-order valence-electron chi connectivity index (χ4n) is 3.93. The summed E-state index contributed by atoms with van der Waals surface area (Å²) in [6.07, 6.45) is -8.25. The van der Waals surface area contributed by atoms with E-state index in [1.54, 1.807) is 19.3 Å². The van der Waals surface area contributed by atoms with E-state index in [1.165, 1.54) is 23.9 Å². The molecule has 3 heterocycles. The molecule has 1 aromatic carbocycles. The Morgan fingerprint density at radius 3 is 2.55 bits per heavy atom. The molecule has 1 aliphatic rings. The number of benzene rings is 1. The number of nitrogens with zero attached hydrogens (tertiary/aromatic N) is 3. The predicted octanol–water partition coefficient (Wildman–Crippen LogP) is 2.15. The smallest absolute Gasteiger partial charge is 0.387 e. The van der Waals surface area contributed by atoms with Crippen molar-refractivity contribution in [1.82, 2.24) is 14.5 Å². The maximum atomic E-state index is 13.0. The summed E-state index contributed by atoms with van der Waals surface area (Å²) < 4.78 is 46.3. The highest BCUT2D eigenvalue weighted by atomic mass is 19.4. The van der Waals surface area contributed by atoms with Crippen LogP contribution in [0.4, 0.5) is 19.0 Å². The molecule has 1 fully saturated rings. The molecule has 4 rings (SSSR count). The number of aryl methyl sites for hydroxylation is 1. The van der Waals surface area contributed by atoms with Crippen LogP contribution in [-0.2, 0) is 10.9 Å². The molecule has 0 amide bonds. The first-order valence-corrected chi connectivity index (χ1v) is 9.50. The van der Waals surface area contributed by atoms with Gasteiger partial charge in [-0.25, -0.2) is 9.97 Å². The van der Waals surface area contributed by atoms with E-state index in [9.17, 15) is 28.5 Å². The second-order valence-electron chi connectivity index (χ2n) is 7.42. The van der Waals surface area contributed by atoms with Crippen molar-refractivity contribution in [1.29, 1.82) is 0 Å². The Morgan fingerprint density at radius 2 is 1.90 bits per heavy atom. The number of alkyl halides is 3. The van der Waals surface area contributed by atoms with Crippen LogP contribution in [0, 0.1) is 6.92 Å². The normalized spacial score (nSPS) is 25.2. The third-order valence-corrected chi connectivity index (χ3v) is 5.50. The fraction of sp³-hybridized carbons (Fsp3) is 0.400. The minimum Gasteiger partial charge on any atom is -0.387 e. The van der Waals surface area contributed by atoms with Crippen molar-refractivity contribution in [2.45, 2.75) is 43.7 Å². The first-order valence-electron chi connectivity index (χ1n) is 9.50. The van der Waals surface area contributed by atoms with Gasteiger partial charge in [-0.05, 0) is 30.2 Å². The highest BCUT2D eigenvalue weighted by Gasteiger charge is 2.47. The highest BCUT2D eigenvalue weighted by molar-refractivity contribution is 5.87. The number of fused-ring (bicyclic) bond motifs is 1. The Bertz CT molecular complexity index is 1100. The Labute approximate surface area is 174 Å². The largest absolute Gasteiger partial charge is 0.416 e. The number of anilines is 1. The average Bonchev–Trinajstić information content (AvgIpc) is 3.27. The molecular formula is C20H21F3N4O4. The summed E-state index contributed by atoms with van der Waals surface area (Å²) in [4.78, 5) is 8.30. The first kappa shape index (κ1) is 21.5. The van der Waals surface area contributed by atoms with Gasteiger partial charge >= 0.3 is 6.18 Å². The molecule has 0 saturated carbocycles. The van der Waals surface area contributed by atoms with Crippen LogP contribution in [0.15, 0.2) is 36.8 Å². The quantitative estimate of drug-likeness (QED) is 0.494. The lowest BCUT2D eigenvalue weighted by atomic mass is 9.96. The second-order valence-corrected chi connectivity index (χ2v) is 7.42. The summed E-state index contributed by atoms with van der Waals surface area (Å²) in [5.74, 6) is 0.564. The minimum absolute atomic E-state index is 0.0682. The van der Waals surface area contributed by atoms with Crippen LogP contribution in [-0.4, -0.2) is 55.2 Å². The van der Waals surface area contributed by atoms with Gasteiger partial charge in [0.25, 0.3) is 0 Å². The molecule has 8 nitrogen and oxygen atoms in total. The zero-order valence-corrected chi connectivity index (χ0v) is 16.6. The Balaban J connectivity index is 1.63. The topological polar surface area (TPSA) is 113 Å². The van der Waals surface area contributed by atoms with Crippen LogP contribution in [0.25, 0.3) is 11.0 Å². The molecule has 31 heavy (non-hydrogen) atoms. The summed E-state index contributed by atoms with van der Waals surface area (Å²) in [5, 5.41) is 35.4. The third kappa shape index (κ3) is 3.63. The zero-order valence-electron chi connectivity index (χ0n) is 16.6. The molecule has 0 bridgehead atoms. The van der Waals surface area contributed by atoms with Crippen molar-refractivity contribution in [3.8, 4) is 0 Å². The molecular weight excluding hydrogens is 417 g/mol. The van der Waals surface area contributed by atoms with Gasteiger partial charge in [-0.2, -0.15) is 13.2 Å². The number of hydrogen-bond acceptors (Lipinski definition) is 7. The summed E-state index contributed by atoms with van der Waals surface area (Å²) in [6.45, 7) is 1.29. The number of aromatic nitrogens is 3. The van der Waals surface area contributed by atoms with E-state index in [-0.39, 0.29) is 11.1 Å². The van der Waals surface area contributed by atoms with E-state index in [4.69, 9.17) is 4.74 Å². The van der Waals surface area contributed by atoms with E-state index in [0.717, 1.165) is 12.1 Å². The Morgan fingerprint density at radius 1 is 1.16 bits per heavy atom. The molecule has 4 N–H and O–H groups in total. The standard InChI is InChI=1S/C20H21F3N4O4/c1-9-7-10(3-4-12(9)20(21,22)23)13(28)16-14(29)15(30)19(31-16)27-6-5-11-17(24-2)25-8-26-18(11)27/h3-8,13-16,19,28-30H,1-2H3,(H,24,25,26)/t13-,14+,15-,16-,19-/m1/s1. The molecule has 5 atom stereocenters. The molecule has 11 heteroatoms. The number of hydrogen-bond donors (Lipinski definition) is 4. The maximum Gasteiger partial charge on any atom is 0.416 e. The molecule has 0 aliphatic carbocycles. The number of halogens is 3. The highest BCUT2D eigenvalue weighted by Crippen LogP contribution is 2.39. The minimum atomic E-state index is -4.51. The number of ether oxygens (including phenoxy) is 1. The van der Waals surface area contributed by atoms with Gasteiger partial charge in [-0.1, -0.05) is 12.1 Å². The van der Waals surface area contributed by atoms with Crippen LogP contribution < -0.4 is 5.32 Å².